The normalized spacial score (nSPS) is 14.9. The van der Waals surface area contributed by atoms with Crippen molar-refractivity contribution >= 4 is 29.1 Å². The molecule has 148 valence electrons. The van der Waals surface area contributed by atoms with Gasteiger partial charge >= 0.3 is 0 Å². The van der Waals surface area contributed by atoms with E-state index in [2.05, 4.69) is 11.4 Å². The number of amides is 1. The Morgan fingerprint density at radius 3 is 2.66 bits per heavy atom. The van der Waals surface area contributed by atoms with Gasteiger partial charge in [-0.05, 0) is 53.1 Å². The van der Waals surface area contributed by atoms with E-state index in [0.29, 0.717) is 35.3 Å². The highest BCUT2D eigenvalue weighted by Gasteiger charge is 2.28. The molecule has 0 saturated heterocycles. The number of nitrogens with two attached hydrogens (primary N) is 1. The zero-order valence-corrected chi connectivity index (χ0v) is 17.1. The van der Waals surface area contributed by atoms with Crippen molar-refractivity contribution in [2.24, 2.45) is 5.73 Å². The van der Waals surface area contributed by atoms with E-state index in [0.717, 1.165) is 28.0 Å². The molecule has 6 heteroatoms. The van der Waals surface area contributed by atoms with Crippen molar-refractivity contribution in [3.8, 4) is 16.9 Å². The summed E-state index contributed by atoms with van der Waals surface area (Å²) in [6.45, 7) is 1.38. The monoisotopic (exact) mass is 426 g/mol. The van der Waals surface area contributed by atoms with Crippen LogP contribution in [0.1, 0.15) is 27.4 Å². The highest BCUT2D eigenvalue weighted by atomic mass is 35.5. The third-order valence-electron chi connectivity index (χ3n) is 5.02. The first-order valence-electron chi connectivity index (χ1n) is 9.37. The number of hydrogen-bond acceptors (Lipinski definition) is 3. The Morgan fingerprint density at radius 2 is 1.86 bits per heavy atom. The molecule has 0 saturated carbocycles. The zero-order chi connectivity index (χ0) is 20.4. The van der Waals surface area contributed by atoms with Crippen LogP contribution in [0.3, 0.4) is 0 Å². The molecule has 1 atom stereocenters. The fraction of sp³-hybridized carbons (Fsp3) is 0.174. The maximum atomic E-state index is 12.3. The quantitative estimate of drug-likeness (QED) is 0.611. The summed E-state index contributed by atoms with van der Waals surface area (Å²) < 4.78 is 5.88. The SMILES string of the molecule is NCCNC(=O)c1cccc(-c2ccc3c(c2)C(c2ccc(Cl)cc2Cl)CO3)c1. The topological polar surface area (TPSA) is 64.3 Å². The van der Waals surface area contributed by atoms with Crippen LogP contribution in [0.4, 0.5) is 0 Å². The molecule has 0 bridgehead atoms. The van der Waals surface area contributed by atoms with Crippen LogP contribution in [0.2, 0.25) is 10.0 Å². The van der Waals surface area contributed by atoms with Crippen molar-refractivity contribution in [1.82, 2.24) is 5.32 Å². The fourth-order valence-corrected chi connectivity index (χ4v) is 4.10. The average Bonchev–Trinajstić information content (AvgIpc) is 3.15. The summed E-state index contributed by atoms with van der Waals surface area (Å²) in [6, 6.07) is 19.2. The van der Waals surface area contributed by atoms with Crippen LogP contribution >= 0.6 is 23.2 Å². The summed E-state index contributed by atoms with van der Waals surface area (Å²) in [7, 11) is 0. The van der Waals surface area contributed by atoms with Gasteiger partial charge in [0.2, 0.25) is 0 Å². The molecule has 0 fully saturated rings. The van der Waals surface area contributed by atoms with Crippen LogP contribution < -0.4 is 15.8 Å². The third kappa shape index (κ3) is 4.10. The summed E-state index contributed by atoms with van der Waals surface area (Å²) in [5, 5.41) is 4.03. The number of rotatable bonds is 5. The Bertz CT molecular complexity index is 1070. The molecule has 4 nitrogen and oxygen atoms in total. The standard InChI is InChI=1S/C23H20Cl2N2O2/c24-17-5-6-18(21(25)12-17)20-13-29-22-7-4-15(11-19(20)22)14-2-1-3-16(10-14)23(28)27-9-8-26/h1-7,10-12,20H,8-9,13,26H2,(H,27,28). The van der Waals surface area contributed by atoms with Gasteiger partial charge in [0.1, 0.15) is 5.75 Å². The first kappa shape index (κ1) is 19.8. The Morgan fingerprint density at radius 1 is 1.03 bits per heavy atom. The van der Waals surface area contributed by atoms with Gasteiger partial charge in [-0.3, -0.25) is 4.79 Å². The summed E-state index contributed by atoms with van der Waals surface area (Å²) in [6.07, 6.45) is 0. The van der Waals surface area contributed by atoms with E-state index in [4.69, 9.17) is 33.7 Å². The molecule has 1 aliphatic rings. The minimum atomic E-state index is -0.132. The number of benzene rings is 3. The molecule has 3 aromatic carbocycles. The largest absolute Gasteiger partial charge is 0.492 e. The first-order chi connectivity index (χ1) is 14.1. The maximum Gasteiger partial charge on any atom is 0.251 e. The van der Waals surface area contributed by atoms with Crippen LogP contribution in [0.25, 0.3) is 11.1 Å². The molecule has 0 spiro atoms. The van der Waals surface area contributed by atoms with E-state index in [1.165, 1.54) is 0 Å². The second kappa shape index (κ2) is 8.46. The van der Waals surface area contributed by atoms with Gasteiger partial charge in [0, 0.05) is 40.2 Å². The molecule has 29 heavy (non-hydrogen) atoms. The van der Waals surface area contributed by atoms with Crippen molar-refractivity contribution in [2.45, 2.75) is 5.92 Å². The molecule has 1 aliphatic heterocycles. The Balaban J connectivity index is 1.67. The maximum absolute atomic E-state index is 12.3. The molecule has 0 aliphatic carbocycles. The van der Waals surface area contributed by atoms with Gasteiger partial charge in [-0.2, -0.15) is 0 Å². The Labute approximate surface area is 179 Å². The number of nitrogens with one attached hydrogen (secondary N) is 1. The number of halogens is 2. The van der Waals surface area contributed by atoms with E-state index in [1.54, 1.807) is 12.1 Å². The number of ether oxygens (including phenoxy) is 1. The van der Waals surface area contributed by atoms with Gasteiger partial charge in [0.15, 0.2) is 0 Å². The predicted molar refractivity (Wildman–Crippen MR) is 117 cm³/mol. The number of carbonyl (C=O) groups excluding carboxylic acids is 1. The predicted octanol–water partition coefficient (Wildman–Crippen LogP) is 4.87. The minimum Gasteiger partial charge on any atom is -0.492 e. The van der Waals surface area contributed by atoms with E-state index < -0.39 is 0 Å². The molecule has 4 rings (SSSR count). The number of hydrogen-bond donors (Lipinski definition) is 2. The van der Waals surface area contributed by atoms with Crippen molar-refractivity contribution in [3.63, 3.8) is 0 Å². The van der Waals surface area contributed by atoms with Gasteiger partial charge in [0.05, 0.1) is 6.61 Å². The van der Waals surface area contributed by atoms with Crippen LogP contribution in [0.5, 0.6) is 5.75 Å². The fourth-order valence-electron chi connectivity index (χ4n) is 3.56. The lowest BCUT2D eigenvalue weighted by Crippen LogP contribution is -2.28. The van der Waals surface area contributed by atoms with E-state index in [9.17, 15) is 4.79 Å². The van der Waals surface area contributed by atoms with Crippen molar-refractivity contribution in [3.05, 3.63) is 87.4 Å². The smallest absolute Gasteiger partial charge is 0.251 e. The van der Waals surface area contributed by atoms with Crippen LogP contribution in [-0.2, 0) is 0 Å². The average molecular weight is 427 g/mol. The zero-order valence-electron chi connectivity index (χ0n) is 15.6. The van der Waals surface area contributed by atoms with Crippen LogP contribution in [-0.4, -0.2) is 25.6 Å². The minimum absolute atomic E-state index is 0.0331. The highest BCUT2D eigenvalue weighted by molar-refractivity contribution is 6.35. The Hall–Kier alpha value is -2.53. The highest BCUT2D eigenvalue weighted by Crippen LogP contribution is 2.42. The number of carbonyl (C=O) groups is 1. The van der Waals surface area contributed by atoms with Crippen molar-refractivity contribution in [1.29, 1.82) is 0 Å². The third-order valence-corrected chi connectivity index (χ3v) is 5.58. The summed E-state index contributed by atoms with van der Waals surface area (Å²) >= 11 is 12.5. The second-order valence-electron chi connectivity index (χ2n) is 6.91. The molecule has 3 N–H and O–H groups in total. The molecule has 0 radical (unpaired) electrons. The second-order valence-corrected chi connectivity index (χ2v) is 7.75. The lowest BCUT2D eigenvalue weighted by Gasteiger charge is -2.13. The van der Waals surface area contributed by atoms with Crippen LogP contribution in [0, 0.1) is 0 Å². The lowest BCUT2D eigenvalue weighted by molar-refractivity contribution is 0.0955. The van der Waals surface area contributed by atoms with Gasteiger partial charge in [-0.15, -0.1) is 0 Å². The van der Waals surface area contributed by atoms with Gasteiger partial charge in [-0.25, -0.2) is 0 Å². The summed E-state index contributed by atoms with van der Waals surface area (Å²) in [5.41, 5.74) is 10.1. The van der Waals surface area contributed by atoms with E-state index in [1.807, 2.05) is 42.5 Å². The van der Waals surface area contributed by atoms with Gasteiger partial charge < -0.3 is 15.8 Å². The molecular formula is C23H20Cl2N2O2. The van der Waals surface area contributed by atoms with E-state index in [-0.39, 0.29) is 11.8 Å². The number of fused-ring (bicyclic) bond motifs is 1. The molecule has 1 unspecified atom stereocenters. The summed E-state index contributed by atoms with van der Waals surface area (Å²) in [5.74, 6) is 0.750. The molecule has 1 amide bonds. The molecular weight excluding hydrogens is 407 g/mol. The van der Waals surface area contributed by atoms with Gasteiger partial charge in [0.25, 0.3) is 5.91 Å². The first-order valence-corrected chi connectivity index (χ1v) is 10.1. The van der Waals surface area contributed by atoms with E-state index >= 15 is 0 Å². The molecule has 0 aromatic heterocycles. The molecule has 3 aromatic rings. The molecule has 1 heterocycles. The van der Waals surface area contributed by atoms with Crippen molar-refractivity contribution < 1.29 is 9.53 Å². The van der Waals surface area contributed by atoms with Crippen molar-refractivity contribution in [2.75, 3.05) is 19.7 Å². The summed E-state index contributed by atoms with van der Waals surface area (Å²) in [4.78, 5) is 12.3. The lowest BCUT2D eigenvalue weighted by atomic mass is 9.90. The van der Waals surface area contributed by atoms with Gasteiger partial charge in [-0.1, -0.05) is 47.5 Å². The Kier molecular flexibility index (Phi) is 5.76. The van der Waals surface area contributed by atoms with Crippen LogP contribution in [0.15, 0.2) is 60.7 Å².